The Morgan fingerprint density at radius 3 is 2.59 bits per heavy atom. The molecular formula is C11H9F2N3O. The standard InChI is InChI=1S/C11H9F2N3O/c12-8-3-1-7(2-4-8)6-17-10-9(13)5-15-11(14)16-10/h1-5H,6H2,(H2,14,15,16). The van der Waals surface area contributed by atoms with Gasteiger partial charge in [-0.25, -0.2) is 9.37 Å². The van der Waals surface area contributed by atoms with Crippen LogP contribution in [-0.4, -0.2) is 9.97 Å². The molecule has 88 valence electrons. The second kappa shape index (κ2) is 4.73. The molecule has 0 bridgehead atoms. The molecular weight excluding hydrogens is 228 g/mol. The third kappa shape index (κ3) is 2.87. The zero-order valence-corrected chi connectivity index (χ0v) is 8.73. The van der Waals surface area contributed by atoms with Crippen molar-refractivity contribution < 1.29 is 13.5 Å². The predicted molar refractivity (Wildman–Crippen MR) is 57.1 cm³/mol. The van der Waals surface area contributed by atoms with Gasteiger partial charge in [0.15, 0.2) is 0 Å². The number of nitrogens with two attached hydrogens (primary N) is 1. The summed E-state index contributed by atoms with van der Waals surface area (Å²) in [5.74, 6) is -1.32. The van der Waals surface area contributed by atoms with Crippen LogP contribution in [-0.2, 0) is 6.61 Å². The van der Waals surface area contributed by atoms with Gasteiger partial charge in [0.2, 0.25) is 11.8 Å². The highest BCUT2D eigenvalue weighted by atomic mass is 19.1. The van der Waals surface area contributed by atoms with Crippen LogP contribution < -0.4 is 10.5 Å². The number of nitrogen functional groups attached to an aromatic ring is 1. The zero-order chi connectivity index (χ0) is 12.3. The van der Waals surface area contributed by atoms with Crippen LogP contribution in [0, 0.1) is 11.6 Å². The normalized spacial score (nSPS) is 10.2. The lowest BCUT2D eigenvalue weighted by Gasteiger charge is -2.06. The minimum Gasteiger partial charge on any atom is -0.471 e. The first-order valence-corrected chi connectivity index (χ1v) is 4.80. The molecule has 4 nitrogen and oxygen atoms in total. The molecule has 0 saturated heterocycles. The average molecular weight is 237 g/mol. The molecule has 0 saturated carbocycles. The van der Waals surface area contributed by atoms with Crippen LogP contribution in [0.3, 0.4) is 0 Å². The van der Waals surface area contributed by atoms with E-state index in [0.29, 0.717) is 5.56 Å². The van der Waals surface area contributed by atoms with Crippen molar-refractivity contribution in [3.63, 3.8) is 0 Å². The lowest BCUT2D eigenvalue weighted by Crippen LogP contribution is -2.03. The maximum atomic E-state index is 13.2. The molecule has 0 atom stereocenters. The van der Waals surface area contributed by atoms with Gasteiger partial charge in [0.05, 0.1) is 6.20 Å². The molecule has 0 fully saturated rings. The Hall–Kier alpha value is -2.24. The second-order valence-corrected chi connectivity index (χ2v) is 3.30. The van der Waals surface area contributed by atoms with Gasteiger partial charge in [-0.1, -0.05) is 12.1 Å². The van der Waals surface area contributed by atoms with Crippen LogP contribution in [0.25, 0.3) is 0 Å². The van der Waals surface area contributed by atoms with Crippen molar-refractivity contribution in [2.24, 2.45) is 0 Å². The fourth-order valence-corrected chi connectivity index (χ4v) is 1.20. The number of rotatable bonds is 3. The Balaban J connectivity index is 2.07. The lowest BCUT2D eigenvalue weighted by atomic mass is 10.2. The van der Waals surface area contributed by atoms with E-state index in [1.54, 1.807) is 0 Å². The molecule has 17 heavy (non-hydrogen) atoms. The number of anilines is 1. The van der Waals surface area contributed by atoms with Crippen molar-refractivity contribution in [1.82, 2.24) is 9.97 Å². The predicted octanol–water partition coefficient (Wildman–Crippen LogP) is 1.92. The smallest absolute Gasteiger partial charge is 0.255 e. The van der Waals surface area contributed by atoms with Crippen molar-refractivity contribution in [1.29, 1.82) is 0 Å². The first-order valence-electron chi connectivity index (χ1n) is 4.80. The van der Waals surface area contributed by atoms with Crippen molar-refractivity contribution in [2.75, 3.05) is 5.73 Å². The molecule has 2 rings (SSSR count). The van der Waals surface area contributed by atoms with E-state index in [1.165, 1.54) is 24.3 Å². The van der Waals surface area contributed by atoms with Gasteiger partial charge in [0, 0.05) is 0 Å². The SMILES string of the molecule is Nc1ncc(F)c(OCc2ccc(F)cc2)n1. The zero-order valence-electron chi connectivity index (χ0n) is 8.73. The van der Waals surface area contributed by atoms with Gasteiger partial charge >= 0.3 is 0 Å². The van der Waals surface area contributed by atoms with Crippen LogP contribution in [0.2, 0.25) is 0 Å². The number of ether oxygens (including phenoxy) is 1. The molecule has 0 aliphatic rings. The second-order valence-electron chi connectivity index (χ2n) is 3.30. The summed E-state index contributed by atoms with van der Waals surface area (Å²) in [6.45, 7) is 0.0770. The van der Waals surface area contributed by atoms with Gasteiger partial charge in [0.25, 0.3) is 5.88 Å². The first-order chi connectivity index (χ1) is 8.15. The summed E-state index contributed by atoms with van der Waals surface area (Å²) >= 11 is 0. The van der Waals surface area contributed by atoms with Gasteiger partial charge in [-0.05, 0) is 17.7 Å². The molecule has 0 unspecified atom stereocenters. The third-order valence-electron chi connectivity index (χ3n) is 2.02. The topological polar surface area (TPSA) is 61.0 Å². The molecule has 1 aromatic carbocycles. The molecule has 2 N–H and O–H groups in total. The number of aromatic nitrogens is 2. The van der Waals surface area contributed by atoms with E-state index in [1.807, 2.05) is 0 Å². The fraction of sp³-hybridized carbons (Fsp3) is 0.0909. The van der Waals surface area contributed by atoms with Crippen LogP contribution in [0.4, 0.5) is 14.7 Å². The van der Waals surface area contributed by atoms with Crippen LogP contribution >= 0.6 is 0 Å². The van der Waals surface area contributed by atoms with E-state index in [9.17, 15) is 8.78 Å². The van der Waals surface area contributed by atoms with E-state index in [0.717, 1.165) is 6.20 Å². The van der Waals surface area contributed by atoms with Crippen LogP contribution in [0.1, 0.15) is 5.56 Å². The summed E-state index contributed by atoms with van der Waals surface area (Å²) in [7, 11) is 0. The Morgan fingerprint density at radius 2 is 1.88 bits per heavy atom. The molecule has 0 radical (unpaired) electrons. The third-order valence-corrected chi connectivity index (χ3v) is 2.02. The Morgan fingerprint density at radius 1 is 1.18 bits per heavy atom. The quantitative estimate of drug-likeness (QED) is 0.885. The Bertz CT molecular complexity index is 517. The van der Waals surface area contributed by atoms with E-state index < -0.39 is 5.82 Å². The summed E-state index contributed by atoms with van der Waals surface area (Å²) in [5, 5.41) is 0. The molecule has 6 heteroatoms. The minimum atomic E-state index is -0.693. The fourth-order valence-electron chi connectivity index (χ4n) is 1.20. The van der Waals surface area contributed by atoms with E-state index in [4.69, 9.17) is 10.5 Å². The number of halogens is 2. The molecule has 0 aliphatic heterocycles. The number of nitrogens with zero attached hydrogens (tertiary/aromatic N) is 2. The summed E-state index contributed by atoms with van der Waals surface area (Å²) in [4.78, 5) is 7.07. The molecule has 0 amide bonds. The summed E-state index contributed by atoms with van der Waals surface area (Å²) in [6.07, 6.45) is 0.933. The number of benzene rings is 1. The summed E-state index contributed by atoms with van der Waals surface area (Å²) < 4.78 is 30.9. The van der Waals surface area contributed by atoms with Gasteiger partial charge in [-0.3, -0.25) is 0 Å². The van der Waals surface area contributed by atoms with Crippen molar-refractivity contribution in [3.8, 4) is 5.88 Å². The summed E-state index contributed by atoms with van der Waals surface area (Å²) in [5.41, 5.74) is 6.00. The van der Waals surface area contributed by atoms with E-state index >= 15 is 0 Å². The van der Waals surface area contributed by atoms with Gasteiger partial charge in [-0.15, -0.1) is 0 Å². The highest BCUT2D eigenvalue weighted by Gasteiger charge is 2.06. The highest BCUT2D eigenvalue weighted by Crippen LogP contribution is 2.15. The van der Waals surface area contributed by atoms with Gasteiger partial charge in [0.1, 0.15) is 12.4 Å². The van der Waals surface area contributed by atoms with E-state index in [-0.39, 0.29) is 24.3 Å². The molecule has 0 spiro atoms. The number of hydrogen-bond donors (Lipinski definition) is 1. The maximum Gasteiger partial charge on any atom is 0.255 e. The Labute approximate surface area is 96.1 Å². The van der Waals surface area contributed by atoms with Crippen molar-refractivity contribution >= 4 is 5.95 Å². The van der Waals surface area contributed by atoms with E-state index in [2.05, 4.69) is 9.97 Å². The van der Waals surface area contributed by atoms with Crippen molar-refractivity contribution in [3.05, 3.63) is 47.7 Å². The largest absolute Gasteiger partial charge is 0.471 e. The van der Waals surface area contributed by atoms with Crippen LogP contribution in [0.5, 0.6) is 5.88 Å². The van der Waals surface area contributed by atoms with Crippen molar-refractivity contribution in [2.45, 2.75) is 6.61 Å². The average Bonchev–Trinajstić information content (AvgIpc) is 2.32. The molecule has 1 heterocycles. The van der Waals surface area contributed by atoms with Gasteiger partial charge < -0.3 is 10.5 Å². The van der Waals surface area contributed by atoms with Gasteiger partial charge in [-0.2, -0.15) is 9.37 Å². The Kier molecular flexibility index (Phi) is 3.13. The molecule has 0 aliphatic carbocycles. The molecule has 1 aromatic heterocycles. The monoisotopic (exact) mass is 237 g/mol. The highest BCUT2D eigenvalue weighted by molar-refractivity contribution is 5.23. The maximum absolute atomic E-state index is 13.2. The summed E-state index contributed by atoms with van der Waals surface area (Å²) in [6, 6.07) is 5.67. The first kappa shape index (κ1) is 11.3. The van der Waals surface area contributed by atoms with Crippen LogP contribution in [0.15, 0.2) is 30.5 Å². The molecule has 2 aromatic rings. The number of hydrogen-bond acceptors (Lipinski definition) is 4. The minimum absolute atomic E-state index is 0.0690. The lowest BCUT2D eigenvalue weighted by molar-refractivity contribution is 0.276.